The van der Waals surface area contributed by atoms with E-state index in [1.165, 1.54) is 0 Å². The van der Waals surface area contributed by atoms with E-state index in [4.69, 9.17) is 0 Å². The van der Waals surface area contributed by atoms with E-state index < -0.39 is 0 Å². The topological polar surface area (TPSA) is 32.9 Å². The van der Waals surface area contributed by atoms with Gasteiger partial charge in [-0.1, -0.05) is 24.8 Å². The van der Waals surface area contributed by atoms with E-state index in [0.29, 0.717) is 5.56 Å². The summed E-state index contributed by atoms with van der Waals surface area (Å²) in [6.07, 6.45) is 4.35. The molecule has 2 nitrogen and oxygen atoms in total. The SMILES string of the molecule is C=Cc1ccc2c(C=O)c[nH]c2c1. The van der Waals surface area contributed by atoms with Gasteiger partial charge in [0.15, 0.2) is 6.29 Å². The van der Waals surface area contributed by atoms with Gasteiger partial charge in [0.25, 0.3) is 0 Å². The van der Waals surface area contributed by atoms with E-state index >= 15 is 0 Å². The first kappa shape index (κ1) is 7.80. The van der Waals surface area contributed by atoms with Gasteiger partial charge in [0.05, 0.1) is 0 Å². The summed E-state index contributed by atoms with van der Waals surface area (Å²) in [5.41, 5.74) is 2.72. The Bertz CT molecular complexity index is 468. The number of aromatic amines is 1. The molecule has 0 spiro atoms. The van der Waals surface area contributed by atoms with Crippen LogP contribution in [0.3, 0.4) is 0 Å². The fraction of sp³-hybridized carbons (Fsp3) is 0. The third kappa shape index (κ3) is 1.16. The normalized spacial score (nSPS) is 10.2. The second kappa shape index (κ2) is 2.90. The summed E-state index contributed by atoms with van der Waals surface area (Å²) in [7, 11) is 0. The highest BCUT2D eigenvalue weighted by atomic mass is 16.1. The minimum atomic E-state index is 0.700. The van der Waals surface area contributed by atoms with Crippen molar-refractivity contribution in [2.75, 3.05) is 0 Å². The number of aldehydes is 1. The summed E-state index contributed by atoms with van der Waals surface area (Å²) in [5, 5.41) is 0.959. The zero-order valence-corrected chi connectivity index (χ0v) is 7.08. The van der Waals surface area contributed by atoms with E-state index in [-0.39, 0.29) is 0 Å². The second-order valence-electron chi connectivity index (χ2n) is 2.87. The highest BCUT2D eigenvalue weighted by Crippen LogP contribution is 2.18. The Morgan fingerprint density at radius 3 is 2.92 bits per heavy atom. The number of H-pyrrole nitrogens is 1. The summed E-state index contributed by atoms with van der Waals surface area (Å²) < 4.78 is 0. The summed E-state index contributed by atoms with van der Waals surface area (Å²) in [6.45, 7) is 3.68. The first-order chi connectivity index (χ1) is 6.35. The van der Waals surface area contributed by atoms with Gasteiger partial charge in [-0.3, -0.25) is 4.79 Å². The summed E-state index contributed by atoms with van der Waals surface area (Å²) in [6, 6.07) is 5.83. The molecule has 0 aliphatic carbocycles. The number of carbonyl (C=O) groups excluding carboxylic acids is 1. The smallest absolute Gasteiger partial charge is 0.152 e. The van der Waals surface area contributed by atoms with Crippen LogP contribution in [0, 0.1) is 0 Å². The molecule has 13 heavy (non-hydrogen) atoms. The quantitative estimate of drug-likeness (QED) is 0.692. The van der Waals surface area contributed by atoms with Crippen LogP contribution in [0.2, 0.25) is 0 Å². The van der Waals surface area contributed by atoms with Crippen molar-refractivity contribution in [2.45, 2.75) is 0 Å². The predicted molar refractivity (Wildman–Crippen MR) is 53.8 cm³/mol. The summed E-state index contributed by atoms with van der Waals surface area (Å²) in [4.78, 5) is 13.6. The molecule has 0 saturated carbocycles. The fourth-order valence-corrected chi connectivity index (χ4v) is 1.39. The molecule has 1 N–H and O–H groups in total. The lowest BCUT2D eigenvalue weighted by molar-refractivity contribution is 0.112. The predicted octanol–water partition coefficient (Wildman–Crippen LogP) is 2.62. The molecule has 0 aliphatic heterocycles. The van der Waals surface area contributed by atoms with Gasteiger partial charge in [-0.25, -0.2) is 0 Å². The van der Waals surface area contributed by atoms with Crippen LogP contribution in [0.1, 0.15) is 15.9 Å². The monoisotopic (exact) mass is 171 g/mol. The Kier molecular flexibility index (Phi) is 1.74. The molecule has 1 aromatic heterocycles. The maximum atomic E-state index is 10.6. The number of fused-ring (bicyclic) bond motifs is 1. The molecule has 64 valence electrons. The number of hydrogen-bond acceptors (Lipinski definition) is 1. The minimum absolute atomic E-state index is 0.700. The van der Waals surface area contributed by atoms with Crippen LogP contribution in [-0.4, -0.2) is 11.3 Å². The van der Waals surface area contributed by atoms with Crippen molar-refractivity contribution in [3.63, 3.8) is 0 Å². The van der Waals surface area contributed by atoms with Crippen molar-refractivity contribution >= 4 is 23.3 Å². The Morgan fingerprint density at radius 1 is 1.38 bits per heavy atom. The highest BCUT2D eigenvalue weighted by molar-refractivity contribution is 5.97. The Morgan fingerprint density at radius 2 is 2.23 bits per heavy atom. The molecule has 0 radical (unpaired) electrons. The minimum Gasteiger partial charge on any atom is -0.360 e. The van der Waals surface area contributed by atoms with E-state index in [1.807, 2.05) is 18.2 Å². The second-order valence-corrected chi connectivity index (χ2v) is 2.87. The van der Waals surface area contributed by atoms with Crippen molar-refractivity contribution in [2.24, 2.45) is 0 Å². The molecule has 2 aromatic rings. The third-order valence-electron chi connectivity index (χ3n) is 2.10. The van der Waals surface area contributed by atoms with Crippen LogP contribution in [-0.2, 0) is 0 Å². The molecule has 0 fully saturated rings. The first-order valence-corrected chi connectivity index (χ1v) is 4.04. The molecular weight excluding hydrogens is 162 g/mol. The van der Waals surface area contributed by atoms with Crippen molar-refractivity contribution in [1.29, 1.82) is 0 Å². The van der Waals surface area contributed by atoms with Crippen LogP contribution < -0.4 is 0 Å². The molecule has 1 heterocycles. The molecule has 2 heteroatoms. The van der Waals surface area contributed by atoms with Gasteiger partial charge in [-0.15, -0.1) is 0 Å². The Labute approximate surface area is 75.9 Å². The summed E-state index contributed by atoms with van der Waals surface area (Å²) in [5.74, 6) is 0. The van der Waals surface area contributed by atoms with Crippen LogP contribution in [0.4, 0.5) is 0 Å². The van der Waals surface area contributed by atoms with Gasteiger partial charge >= 0.3 is 0 Å². The lowest BCUT2D eigenvalue weighted by atomic mass is 10.1. The van der Waals surface area contributed by atoms with E-state index in [1.54, 1.807) is 12.3 Å². The molecule has 0 unspecified atom stereocenters. The van der Waals surface area contributed by atoms with Gasteiger partial charge in [0, 0.05) is 22.7 Å². The fourth-order valence-electron chi connectivity index (χ4n) is 1.39. The number of carbonyl (C=O) groups is 1. The van der Waals surface area contributed by atoms with Crippen LogP contribution >= 0.6 is 0 Å². The van der Waals surface area contributed by atoms with Crippen molar-refractivity contribution in [3.8, 4) is 0 Å². The maximum absolute atomic E-state index is 10.6. The number of hydrogen-bond donors (Lipinski definition) is 1. The zero-order valence-electron chi connectivity index (χ0n) is 7.08. The number of rotatable bonds is 2. The standard InChI is InChI=1S/C11H9NO/c1-2-8-3-4-10-9(7-13)6-12-11(10)5-8/h2-7,12H,1H2. The third-order valence-corrected chi connectivity index (χ3v) is 2.10. The molecule has 1 aromatic carbocycles. The van der Waals surface area contributed by atoms with Gasteiger partial charge in [0.2, 0.25) is 0 Å². The van der Waals surface area contributed by atoms with Crippen LogP contribution in [0.15, 0.2) is 31.0 Å². The number of nitrogens with one attached hydrogen (secondary N) is 1. The molecule has 0 bridgehead atoms. The lowest BCUT2D eigenvalue weighted by Gasteiger charge is -1.93. The Hall–Kier alpha value is -1.83. The Balaban J connectivity index is 2.74. The lowest BCUT2D eigenvalue weighted by Crippen LogP contribution is -1.75. The number of aromatic nitrogens is 1. The summed E-state index contributed by atoms with van der Waals surface area (Å²) >= 11 is 0. The molecule has 0 amide bonds. The number of benzene rings is 1. The van der Waals surface area contributed by atoms with Gasteiger partial charge in [0.1, 0.15) is 0 Å². The van der Waals surface area contributed by atoms with Crippen LogP contribution in [0.25, 0.3) is 17.0 Å². The largest absolute Gasteiger partial charge is 0.360 e. The van der Waals surface area contributed by atoms with Crippen molar-refractivity contribution in [3.05, 3.63) is 42.1 Å². The van der Waals surface area contributed by atoms with Crippen LogP contribution in [0.5, 0.6) is 0 Å². The van der Waals surface area contributed by atoms with E-state index in [9.17, 15) is 4.79 Å². The van der Waals surface area contributed by atoms with E-state index in [0.717, 1.165) is 22.8 Å². The molecule has 0 aliphatic rings. The van der Waals surface area contributed by atoms with Gasteiger partial charge < -0.3 is 4.98 Å². The first-order valence-electron chi connectivity index (χ1n) is 4.04. The van der Waals surface area contributed by atoms with Gasteiger partial charge in [-0.05, 0) is 11.6 Å². The molecular formula is C11H9NO. The average molecular weight is 171 g/mol. The van der Waals surface area contributed by atoms with Crippen molar-refractivity contribution < 1.29 is 4.79 Å². The average Bonchev–Trinajstić information content (AvgIpc) is 2.59. The highest BCUT2D eigenvalue weighted by Gasteiger charge is 2.01. The maximum Gasteiger partial charge on any atom is 0.152 e. The zero-order chi connectivity index (χ0) is 9.26. The van der Waals surface area contributed by atoms with E-state index in [2.05, 4.69) is 11.6 Å². The van der Waals surface area contributed by atoms with Gasteiger partial charge in [-0.2, -0.15) is 0 Å². The molecule has 0 atom stereocenters. The molecule has 0 saturated heterocycles. The molecule has 2 rings (SSSR count). The van der Waals surface area contributed by atoms with Crippen molar-refractivity contribution in [1.82, 2.24) is 4.98 Å².